The summed E-state index contributed by atoms with van der Waals surface area (Å²) in [5.41, 5.74) is 6.90. The summed E-state index contributed by atoms with van der Waals surface area (Å²) in [6, 6.07) is -0.00741. The fourth-order valence-corrected chi connectivity index (χ4v) is 2.26. The second-order valence-electron chi connectivity index (χ2n) is 5.02. The summed E-state index contributed by atoms with van der Waals surface area (Å²) in [6.07, 6.45) is 3.55. The van der Waals surface area contributed by atoms with Gasteiger partial charge in [0.1, 0.15) is 0 Å². The zero-order valence-electron chi connectivity index (χ0n) is 11.7. The molecule has 2 amide bonds. The molecule has 110 valence electrons. The summed E-state index contributed by atoms with van der Waals surface area (Å²) in [7, 11) is 0. The fraction of sp³-hybridized carbons (Fsp3) is 0.615. The topological polar surface area (TPSA) is 102 Å². The molecule has 0 aliphatic carbocycles. The Morgan fingerprint density at radius 2 is 2.45 bits per heavy atom. The maximum absolute atomic E-state index is 12.2. The van der Waals surface area contributed by atoms with E-state index in [-0.39, 0.29) is 17.9 Å². The van der Waals surface area contributed by atoms with Gasteiger partial charge in [-0.05, 0) is 26.3 Å². The number of amides is 2. The molecule has 0 radical (unpaired) electrons. The van der Waals surface area contributed by atoms with Gasteiger partial charge in [-0.25, -0.2) is 0 Å². The maximum Gasteiger partial charge on any atom is 0.255 e. The number of nitrogens with one attached hydrogen (secondary N) is 2. The molecular weight excluding hydrogens is 258 g/mol. The number of piperidine rings is 1. The Hall–Kier alpha value is -1.89. The van der Waals surface area contributed by atoms with Gasteiger partial charge in [-0.2, -0.15) is 5.10 Å². The molecule has 1 aromatic heterocycles. The Kier molecular flexibility index (Phi) is 4.73. The van der Waals surface area contributed by atoms with Crippen molar-refractivity contribution in [1.29, 1.82) is 0 Å². The highest BCUT2D eigenvalue weighted by Gasteiger charge is 2.22. The van der Waals surface area contributed by atoms with E-state index in [0.717, 1.165) is 18.7 Å². The van der Waals surface area contributed by atoms with Crippen molar-refractivity contribution < 1.29 is 9.59 Å². The minimum Gasteiger partial charge on any atom is -0.354 e. The molecule has 2 heterocycles. The molecule has 1 fully saturated rings. The normalized spacial score (nSPS) is 18.7. The van der Waals surface area contributed by atoms with E-state index in [9.17, 15) is 9.59 Å². The maximum atomic E-state index is 12.2. The monoisotopic (exact) mass is 279 g/mol. The van der Waals surface area contributed by atoms with Crippen LogP contribution in [0.4, 0.5) is 0 Å². The van der Waals surface area contributed by atoms with Crippen molar-refractivity contribution in [3.05, 3.63) is 17.5 Å². The largest absolute Gasteiger partial charge is 0.354 e. The number of aromatic nitrogens is 2. The van der Waals surface area contributed by atoms with E-state index in [0.29, 0.717) is 31.5 Å². The Morgan fingerprint density at radius 3 is 3.10 bits per heavy atom. The Morgan fingerprint density at radius 1 is 1.65 bits per heavy atom. The van der Waals surface area contributed by atoms with Crippen LogP contribution in [0.25, 0.3) is 0 Å². The van der Waals surface area contributed by atoms with Gasteiger partial charge in [0.05, 0.1) is 11.8 Å². The minimum atomic E-state index is -0.136. The quantitative estimate of drug-likeness (QED) is 0.679. The van der Waals surface area contributed by atoms with Crippen molar-refractivity contribution in [2.24, 2.45) is 5.73 Å². The van der Waals surface area contributed by atoms with Crippen LogP contribution in [0.15, 0.2) is 6.20 Å². The molecule has 20 heavy (non-hydrogen) atoms. The first-order chi connectivity index (χ1) is 9.61. The Balaban J connectivity index is 1.95. The third-order valence-corrected chi connectivity index (χ3v) is 3.52. The van der Waals surface area contributed by atoms with Gasteiger partial charge in [-0.3, -0.25) is 14.3 Å². The van der Waals surface area contributed by atoms with Crippen LogP contribution < -0.4 is 16.4 Å². The molecule has 1 saturated heterocycles. The lowest BCUT2D eigenvalue weighted by Gasteiger charge is -2.23. The van der Waals surface area contributed by atoms with E-state index >= 15 is 0 Å². The molecule has 0 aromatic carbocycles. The molecule has 1 aromatic rings. The van der Waals surface area contributed by atoms with Crippen LogP contribution in [0.1, 0.15) is 35.3 Å². The molecule has 4 N–H and O–H groups in total. The molecular formula is C13H21N5O2. The number of carbonyl (C=O) groups is 2. The fourth-order valence-electron chi connectivity index (χ4n) is 2.26. The third kappa shape index (κ3) is 3.36. The first kappa shape index (κ1) is 14.5. The zero-order valence-corrected chi connectivity index (χ0v) is 11.7. The lowest BCUT2D eigenvalue weighted by molar-refractivity contribution is -0.122. The van der Waals surface area contributed by atoms with Gasteiger partial charge < -0.3 is 16.4 Å². The number of carbonyl (C=O) groups excluding carboxylic acids is 2. The van der Waals surface area contributed by atoms with Gasteiger partial charge in [0.15, 0.2) is 0 Å². The molecule has 1 unspecified atom stereocenters. The first-order valence-corrected chi connectivity index (χ1v) is 6.92. The SMILES string of the molecule is Cc1c(C(=O)NC2CCC(=O)NC2)cnn1CCCN. The highest BCUT2D eigenvalue weighted by molar-refractivity contribution is 5.95. The number of hydrogen-bond donors (Lipinski definition) is 3. The van der Waals surface area contributed by atoms with Crippen LogP contribution in [0.3, 0.4) is 0 Å². The van der Waals surface area contributed by atoms with Crippen LogP contribution >= 0.6 is 0 Å². The molecule has 7 nitrogen and oxygen atoms in total. The second kappa shape index (κ2) is 6.51. The minimum absolute atomic E-state index is 0.00741. The predicted molar refractivity (Wildman–Crippen MR) is 74.1 cm³/mol. The van der Waals surface area contributed by atoms with E-state index < -0.39 is 0 Å². The Labute approximate surface area is 117 Å². The van der Waals surface area contributed by atoms with E-state index in [1.807, 2.05) is 6.92 Å². The highest BCUT2D eigenvalue weighted by atomic mass is 16.2. The average molecular weight is 279 g/mol. The lowest BCUT2D eigenvalue weighted by atomic mass is 10.1. The van der Waals surface area contributed by atoms with Gasteiger partial charge in [0, 0.05) is 31.2 Å². The van der Waals surface area contributed by atoms with Crippen molar-refractivity contribution >= 4 is 11.8 Å². The predicted octanol–water partition coefficient (Wildman–Crippen LogP) is -0.451. The molecule has 0 spiro atoms. The average Bonchev–Trinajstić information content (AvgIpc) is 2.80. The van der Waals surface area contributed by atoms with Gasteiger partial charge in [-0.1, -0.05) is 0 Å². The van der Waals surface area contributed by atoms with Gasteiger partial charge in [0.2, 0.25) is 5.91 Å². The van der Waals surface area contributed by atoms with Crippen LogP contribution in [-0.2, 0) is 11.3 Å². The summed E-state index contributed by atoms with van der Waals surface area (Å²) in [5.74, 6) is -0.0936. The zero-order chi connectivity index (χ0) is 14.5. The highest BCUT2D eigenvalue weighted by Crippen LogP contribution is 2.10. The van der Waals surface area contributed by atoms with Crippen molar-refractivity contribution in [2.75, 3.05) is 13.1 Å². The van der Waals surface area contributed by atoms with Gasteiger partial charge in [-0.15, -0.1) is 0 Å². The van der Waals surface area contributed by atoms with Crippen LogP contribution in [-0.4, -0.2) is 40.7 Å². The molecule has 1 atom stereocenters. The summed E-state index contributed by atoms with van der Waals surface area (Å²) in [6.45, 7) is 3.68. The standard InChI is InChI=1S/C13H21N5O2/c1-9-11(8-16-18(9)6-2-5-14)13(20)17-10-3-4-12(19)15-7-10/h8,10H,2-7,14H2,1H3,(H,15,19)(H,17,20). The Bertz CT molecular complexity index is 487. The van der Waals surface area contributed by atoms with Crippen molar-refractivity contribution in [3.8, 4) is 0 Å². The van der Waals surface area contributed by atoms with Crippen LogP contribution in [0.5, 0.6) is 0 Å². The summed E-state index contributed by atoms with van der Waals surface area (Å²) in [4.78, 5) is 23.3. The van der Waals surface area contributed by atoms with E-state index in [1.54, 1.807) is 10.9 Å². The molecule has 1 aliphatic heterocycles. The van der Waals surface area contributed by atoms with Crippen molar-refractivity contribution in [3.63, 3.8) is 0 Å². The summed E-state index contributed by atoms with van der Waals surface area (Å²) < 4.78 is 1.80. The van der Waals surface area contributed by atoms with E-state index in [1.165, 1.54) is 0 Å². The van der Waals surface area contributed by atoms with Crippen LogP contribution in [0, 0.1) is 6.92 Å². The second-order valence-corrected chi connectivity index (χ2v) is 5.02. The number of nitrogens with zero attached hydrogens (tertiary/aromatic N) is 2. The molecule has 1 aliphatic rings. The smallest absolute Gasteiger partial charge is 0.255 e. The van der Waals surface area contributed by atoms with Crippen molar-refractivity contribution in [2.45, 2.75) is 38.8 Å². The molecule has 2 rings (SSSR count). The summed E-state index contributed by atoms with van der Waals surface area (Å²) >= 11 is 0. The van der Waals surface area contributed by atoms with E-state index in [2.05, 4.69) is 15.7 Å². The number of rotatable bonds is 5. The number of aryl methyl sites for hydroxylation is 1. The third-order valence-electron chi connectivity index (χ3n) is 3.52. The van der Waals surface area contributed by atoms with Gasteiger partial charge >= 0.3 is 0 Å². The number of nitrogens with two attached hydrogens (primary N) is 1. The summed E-state index contributed by atoms with van der Waals surface area (Å²) in [5, 5.41) is 9.89. The molecule has 0 saturated carbocycles. The van der Waals surface area contributed by atoms with Crippen molar-refractivity contribution in [1.82, 2.24) is 20.4 Å². The first-order valence-electron chi connectivity index (χ1n) is 6.92. The van der Waals surface area contributed by atoms with E-state index in [4.69, 9.17) is 5.73 Å². The van der Waals surface area contributed by atoms with Gasteiger partial charge in [0.25, 0.3) is 5.91 Å². The lowest BCUT2D eigenvalue weighted by Crippen LogP contribution is -2.47. The molecule has 7 heteroatoms. The van der Waals surface area contributed by atoms with Crippen LogP contribution in [0.2, 0.25) is 0 Å². The number of hydrogen-bond acceptors (Lipinski definition) is 4. The molecule has 0 bridgehead atoms.